The third-order valence-electron chi connectivity index (χ3n) is 5.01. The summed E-state index contributed by atoms with van der Waals surface area (Å²) in [5, 5.41) is 18.7. The first-order valence-electron chi connectivity index (χ1n) is 9.75. The van der Waals surface area contributed by atoms with Gasteiger partial charge in [0.05, 0.1) is 16.9 Å². The van der Waals surface area contributed by atoms with E-state index in [1.54, 1.807) is 16.4 Å². The molecule has 0 fully saturated rings. The molecule has 0 unspecified atom stereocenters. The fourth-order valence-electron chi connectivity index (χ4n) is 3.21. The summed E-state index contributed by atoms with van der Waals surface area (Å²) in [6.07, 6.45) is 0. The number of nitrogens with zero attached hydrogens (tertiary/aromatic N) is 5. The number of hydrogen-bond donors (Lipinski definition) is 1. The second-order valence-electron chi connectivity index (χ2n) is 7.18. The number of thioether (sulfide) groups is 1. The summed E-state index contributed by atoms with van der Waals surface area (Å²) in [6, 6.07) is 13.2. The first-order valence-corrected chi connectivity index (χ1v) is 10.7. The van der Waals surface area contributed by atoms with Crippen molar-refractivity contribution in [1.29, 1.82) is 0 Å². The van der Waals surface area contributed by atoms with Gasteiger partial charge in [-0.2, -0.15) is 4.68 Å². The van der Waals surface area contributed by atoms with Crippen molar-refractivity contribution >= 4 is 23.4 Å². The Labute approximate surface area is 184 Å². The predicted octanol–water partition coefficient (Wildman–Crippen LogP) is 4.43. The highest BCUT2D eigenvalue weighted by atomic mass is 32.2. The Morgan fingerprint density at radius 1 is 1.13 bits per heavy atom. The maximum atomic E-state index is 13.1. The van der Waals surface area contributed by atoms with Crippen LogP contribution in [0.5, 0.6) is 0 Å². The van der Waals surface area contributed by atoms with Crippen molar-refractivity contribution in [3.63, 3.8) is 0 Å². The van der Waals surface area contributed by atoms with Crippen LogP contribution in [0, 0.1) is 27.7 Å². The first kappa shape index (κ1) is 20.8. The van der Waals surface area contributed by atoms with Crippen LogP contribution in [0.25, 0.3) is 5.69 Å². The van der Waals surface area contributed by atoms with Gasteiger partial charge >= 0.3 is 0 Å². The summed E-state index contributed by atoms with van der Waals surface area (Å²) >= 11 is 1.59. The highest BCUT2D eigenvalue weighted by Gasteiger charge is 2.16. The van der Waals surface area contributed by atoms with Gasteiger partial charge in [0.25, 0.3) is 5.91 Å². The van der Waals surface area contributed by atoms with Crippen LogP contribution in [-0.4, -0.2) is 31.3 Å². The maximum absolute atomic E-state index is 13.1. The minimum atomic E-state index is -0.176. The van der Waals surface area contributed by atoms with Crippen molar-refractivity contribution in [2.75, 3.05) is 5.32 Å². The molecule has 158 valence electrons. The van der Waals surface area contributed by atoms with E-state index in [2.05, 4.69) is 26.0 Å². The Balaban J connectivity index is 1.55. The summed E-state index contributed by atoms with van der Waals surface area (Å²) in [7, 11) is 0. The van der Waals surface area contributed by atoms with Crippen LogP contribution in [0.4, 0.5) is 5.69 Å². The van der Waals surface area contributed by atoms with Crippen molar-refractivity contribution < 1.29 is 9.32 Å². The van der Waals surface area contributed by atoms with E-state index in [4.69, 9.17) is 4.52 Å². The van der Waals surface area contributed by atoms with Gasteiger partial charge in [-0.3, -0.25) is 4.79 Å². The molecule has 0 saturated heterocycles. The fraction of sp³-hybridized carbons (Fsp3) is 0.227. The molecule has 4 rings (SSSR count). The lowest BCUT2D eigenvalue weighted by atomic mass is 10.1. The lowest BCUT2D eigenvalue weighted by Gasteiger charge is -2.12. The van der Waals surface area contributed by atoms with Gasteiger partial charge in [0, 0.05) is 21.9 Å². The Hall–Kier alpha value is -3.46. The number of tetrazole rings is 1. The van der Waals surface area contributed by atoms with Gasteiger partial charge in [0.15, 0.2) is 5.82 Å². The second kappa shape index (κ2) is 8.73. The van der Waals surface area contributed by atoms with Crippen LogP contribution in [0.15, 0.2) is 51.9 Å². The molecule has 31 heavy (non-hydrogen) atoms. The summed E-state index contributed by atoms with van der Waals surface area (Å²) in [5.74, 6) is 1.98. The molecule has 0 atom stereocenters. The maximum Gasteiger partial charge on any atom is 0.256 e. The molecule has 0 radical (unpaired) electrons. The van der Waals surface area contributed by atoms with E-state index in [0.717, 1.165) is 33.2 Å². The van der Waals surface area contributed by atoms with Gasteiger partial charge in [-0.1, -0.05) is 23.4 Å². The Kier molecular flexibility index (Phi) is 5.85. The lowest BCUT2D eigenvalue weighted by Crippen LogP contribution is -2.13. The number of benzene rings is 2. The largest absolute Gasteiger partial charge is 0.361 e. The predicted molar refractivity (Wildman–Crippen MR) is 119 cm³/mol. The molecular formula is C22H22N6O2S. The highest BCUT2D eigenvalue weighted by Crippen LogP contribution is 2.29. The number of carbonyl (C=O) groups is 1. The number of aryl methyl sites for hydroxylation is 4. The minimum absolute atomic E-state index is 0.176. The molecule has 4 aromatic rings. The SMILES string of the molecule is Cc1ccc(NC(=O)c2ccccc2SCc2c(C)noc2C)cc1-n1nnnc1C. The standard InChI is InChI=1S/C22H22N6O2S/c1-13-9-10-17(11-20(13)28-16(4)24-26-27-28)23-22(29)18-7-5-6-8-21(18)31-12-19-14(2)25-30-15(19)3/h5-11H,12H2,1-4H3,(H,23,29). The zero-order valence-electron chi connectivity index (χ0n) is 17.7. The topological polar surface area (TPSA) is 98.7 Å². The quantitative estimate of drug-likeness (QED) is 0.448. The summed E-state index contributed by atoms with van der Waals surface area (Å²) in [6.45, 7) is 7.63. The van der Waals surface area contributed by atoms with E-state index < -0.39 is 0 Å². The molecule has 8 nitrogen and oxygen atoms in total. The van der Waals surface area contributed by atoms with E-state index in [0.29, 0.717) is 22.8 Å². The highest BCUT2D eigenvalue weighted by molar-refractivity contribution is 7.98. The van der Waals surface area contributed by atoms with Crippen LogP contribution in [-0.2, 0) is 5.75 Å². The molecular weight excluding hydrogens is 412 g/mol. The molecule has 9 heteroatoms. The Morgan fingerprint density at radius 3 is 2.65 bits per heavy atom. The molecule has 0 aliphatic heterocycles. The summed E-state index contributed by atoms with van der Waals surface area (Å²) in [4.78, 5) is 14.0. The van der Waals surface area contributed by atoms with Crippen LogP contribution in [0.2, 0.25) is 0 Å². The van der Waals surface area contributed by atoms with Crippen molar-refractivity contribution in [2.24, 2.45) is 0 Å². The van der Waals surface area contributed by atoms with Gasteiger partial charge in [0.2, 0.25) is 0 Å². The third-order valence-corrected chi connectivity index (χ3v) is 6.11. The van der Waals surface area contributed by atoms with E-state index in [1.807, 2.05) is 70.2 Å². The zero-order valence-corrected chi connectivity index (χ0v) is 18.5. The van der Waals surface area contributed by atoms with Crippen LogP contribution >= 0.6 is 11.8 Å². The van der Waals surface area contributed by atoms with Crippen LogP contribution in [0.3, 0.4) is 0 Å². The van der Waals surface area contributed by atoms with Crippen molar-refractivity contribution in [3.8, 4) is 5.69 Å². The summed E-state index contributed by atoms with van der Waals surface area (Å²) in [5.41, 5.74) is 5.04. The molecule has 0 aliphatic carbocycles. The molecule has 2 aromatic carbocycles. The number of aromatic nitrogens is 5. The minimum Gasteiger partial charge on any atom is -0.361 e. The molecule has 1 N–H and O–H groups in total. The van der Waals surface area contributed by atoms with E-state index in [1.165, 1.54) is 0 Å². The van der Waals surface area contributed by atoms with E-state index >= 15 is 0 Å². The molecule has 0 bridgehead atoms. The summed E-state index contributed by atoms with van der Waals surface area (Å²) < 4.78 is 6.89. The normalized spacial score (nSPS) is 11.0. The molecule has 2 aromatic heterocycles. The van der Waals surface area contributed by atoms with Gasteiger partial charge in [0.1, 0.15) is 5.76 Å². The zero-order chi connectivity index (χ0) is 22.0. The van der Waals surface area contributed by atoms with E-state index in [9.17, 15) is 4.79 Å². The molecule has 2 heterocycles. The smallest absolute Gasteiger partial charge is 0.256 e. The van der Waals surface area contributed by atoms with Gasteiger partial charge in [-0.05, 0) is 68.0 Å². The fourth-order valence-corrected chi connectivity index (χ4v) is 4.41. The number of anilines is 1. The number of hydrogen-bond acceptors (Lipinski definition) is 7. The van der Waals surface area contributed by atoms with Gasteiger partial charge in [-0.15, -0.1) is 16.9 Å². The van der Waals surface area contributed by atoms with Crippen molar-refractivity contribution in [3.05, 3.63) is 76.4 Å². The number of nitrogens with one attached hydrogen (secondary N) is 1. The number of rotatable bonds is 6. The molecule has 0 aliphatic rings. The van der Waals surface area contributed by atoms with Crippen LogP contribution < -0.4 is 5.32 Å². The molecule has 0 saturated carbocycles. The Bertz CT molecular complexity index is 1230. The lowest BCUT2D eigenvalue weighted by molar-refractivity contribution is 0.102. The van der Waals surface area contributed by atoms with E-state index in [-0.39, 0.29) is 5.91 Å². The number of carbonyl (C=O) groups excluding carboxylic acids is 1. The Morgan fingerprint density at radius 2 is 1.94 bits per heavy atom. The van der Waals surface area contributed by atoms with Gasteiger partial charge in [-0.25, -0.2) is 0 Å². The third kappa shape index (κ3) is 4.36. The van der Waals surface area contributed by atoms with Crippen LogP contribution in [0.1, 0.15) is 38.8 Å². The monoisotopic (exact) mass is 434 g/mol. The molecule has 1 amide bonds. The van der Waals surface area contributed by atoms with Crippen molar-refractivity contribution in [1.82, 2.24) is 25.4 Å². The van der Waals surface area contributed by atoms with Gasteiger partial charge < -0.3 is 9.84 Å². The average Bonchev–Trinajstić information content (AvgIpc) is 3.33. The second-order valence-corrected chi connectivity index (χ2v) is 8.20. The van der Waals surface area contributed by atoms with Crippen molar-refractivity contribution in [2.45, 2.75) is 38.3 Å². The molecule has 0 spiro atoms. The number of amides is 1. The first-order chi connectivity index (χ1) is 14.9. The average molecular weight is 435 g/mol.